The summed E-state index contributed by atoms with van der Waals surface area (Å²) in [6.45, 7) is 0.0999. The first-order chi connectivity index (χ1) is 13.4. The average molecular weight is 387 g/mol. The molecular formula is C19H25N5O4. The van der Waals surface area contributed by atoms with Crippen molar-refractivity contribution in [3.63, 3.8) is 0 Å². The predicted molar refractivity (Wildman–Crippen MR) is 101 cm³/mol. The number of rotatable bonds is 7. The Bertz CT molecular complexity index is 773. The molecule has 2 fully saturated rings. The van der Waals surface area contributed by atoms with Gasteiger partial charge in [-0.2, -0.15) is 0 Å². The maximum Gasteiger partial charge on any atom is 0.312 e. The smallest absolute Gasteiger partial charge is 0.312 e. The normalized spacial score (nSPS) is 19.9. The van der Waals surface area contributed by atoms with Gasteiger partial charge in [0.25, 0.3) is 5.91 Å². The third kappa shape index (κ3) is 5.21. The molecule has 1 saturated carbocycles. The molecule has 150 valence electrons. The van der Waals surface area contributed by atoms with Crippen LogP contribution in [0.15, 0.2) is 24.3 Å². The van der Waals surface area contributed by atoms with Gasteiger partial charge in [0.05, 0.1) is 18.1 Å². The molecular weight excluding hydrogens is 362 g/mol. The van der Waals surface area contributed by atoms with Crippen LogP contribution >= 0.6 is 0 Å². The monoisotopic (exact) mass is 387 g/mol. The number of urea groups is 1. The molecule has 28 heavy (non-hydrogen) atoms. The minimum Gasteiger partial charge on any atom is -0.352 e. The van der Waals surface area contributed by atoms with Gasteiger partial charge in [-0.3, -0.25) is 14.4 Å². The summed E-state index contributed by atoms with van der Waals surface area (Å²) in [5, 5.41) is 10.8. The van der Waals surface area contributed by atoms with Crippen LogP contribution in [0.4, 0.5) is 4.79 Å². The van der Waals surface area contributed by atoms with Crippen molar-refractivity contribution in [3.05, 3.63) is 35.4 Å². The molecule has 0 aromatic heterocycles. The second-order valence-electron chi connectivity index (χ2n) is 7.36. The van der Waals surface area contributed by atoms with E-state index in [-0.39, 0.29) is 30.3 Å². The molecule has 2 aliphatic rings. The summed E-state index contributed by atoms with van der Waals surface area (Å²) < 4.78 is 0. The van der Waals surface area contributed by atoms with Crippen molar-refractivity contribution in [2.24, 2.45) is 5.73 Å². The fourth-order valence-electron chi connectivity index (χ4n) is 3.23. The standard InChI is InChI=1S/C19H25N5O4/c20-18(28)21-10-16(26)22-11-19(8-9-19)24-17(27)13-6-4-12(5-7-13)14-2-1-3-15(25)23-14/h4-7,14H,1-3,8-11H2,(H,22,26)(H,23,25)(H,24,27)(H3,20,21,28). The molecule has 0 bridgehead atoms. The lowest BCUT2D eigenvalue weighted by Gasteiger charge is -2.24. The summed E-state index contributed by atoms with van der Waals surface area (Å²) in [5.41, 5.74) is 5.99. The van der Waals surface area contributed by atoms with Crippen molar-refractivity contribution in [1.29, 1.82) is 0 Å². The van der Waals surface area contributed by atoms with Crippen molar-refractivity contribution < 1.29 is 19.2 Å². The number of amides is 5. The maximum absolute atomic E-state index is 12.5. The van der Waals surface area contributed by atoms with Gasteiger partial charge in [-0.15, -0.1) is 0 Å². The number of nitrogens with one attached hydrogen (secondary N) is 4. The Labute approximate surface area is 162 Å². The van der Waals surface area contributed by atoms with E-state index in [1.54, 1.807) is 12.1 Å². The lowest BCUT2D eigenvalue weighted by Crippen LogP contribution is -2.48. The number of hydrogen-bond donors (Lipinski definition) is 5. The highest BCUT2D eigenvalue weighted by atomic mass is 16.2. The number of benzene rings is 1. The van der Waals surface area contributed by atoms with E-state index in [4.69, 9.17) is 5.73 Å². The van der Waals surface area contributed by atoms with E-state index < -0.39 is 11.6 Å². The second-order valence-corrected chi connectivity index (χ2v) is 7.36. The zero-order valence-electron chi connectivity index (χ0n) is 15.5. The summed E-state index contributed by atoms with van der Waals surface area (Å²) in [4.78, 5) is 46.3. The topological polar surface area (TPSA) is 142 Å². The largest absolute Gasteiger partial charge is 0.352 e. The fourth-order valence-corrected chi connectivity index (χ4v) is 3.23. The van der Waals surface area contributed by atoms with Crippen molar-refractivity contribution in [3.8, 4) is 0 Å². The first kappa shape index (κ1) is 19.7. The van der Waals surface area contributed by atoms with Crippen LogP contribution in [-0.2, 0) is 9.59 Å². The highest BCUT2D eigenvalue weighted by molar-refractivity contribution is 5.95. The van der Waals surface area contributed by atoms with Gasteiger partial charge in [0.1, 0.15) is 0 Å². The molecule has 1 aliphatic heterocycles. The molecule has 1 aliphatic carbocycles. The summed E-state index contributed by atoms with van der Waals surface area (Å²) in [6.07, 6.45) is 3.86. The molecule has 1 heterocycles. The van der Waals surface area contributed by atoms with Crippen LogP contribution in [0.1, 0.15) is 54.1 Å². The molecule has 1 atom stereocenters. The van der Waals surface area contributed by atoms with Crippen LogP contribution in [0.2, 0.25) is 0 Å². The van der Waals surface area contributed by atoms with Crippen LogP contribution in [0.5, 0.6) is 0 Å². The van der Waals surface area contributed by atoms with Crippen LogP contribution in [0.25, 0.3) is 0 Å². The van der Waals surface area contributed by atoms with E-state index in [1.165, 1.54) is 0 Å². The minimum absolute atomic E-state index is 0.00244. The number of carbonyl (C=O) groups is 4. The third-order valence-corrected chi connectivity index (χ3v) is 5.09. The van der Waals surface area contributed by atoms with Crippen molar-refractivity contribution in [2.75, 3.05) is 13.1 Å². The molecule has 9 nitrogen and oxygen atoms in total. The minimum atomic E-state index is -0.763. The van der Waals surface area contributed by atoms with Crippen LogP contribution in [0, 0.1) is 0 Å². The SMILES string of the molecule is NC(=O)NCC(=O)NCC1(NC(=O)c2ccc(C3CCCC(=O)N3)cc2)CC1. The Balaban J connectivity index is 1.50. The van der Waals surface area contributed by atoms with E-state index in [2.05, 4.69) is 21.3 Å². The quantitative estimate of drug-likeness (QED) is 0.451. The van der Waals surface area contributed by atoms with Crippen LogP contribution in [-0.4, -0.2) is 42.4 Å². The number of carbonyl (C=O) groups excluding carboxylic acids is 4. The van der Waals surface area contributed by atoms with Gasteiger partial charge < -0.3 is 27.0 Å². The Morgan fingerprint density at radius 1 is 1.14 bits per heavy atom. The number of hydrogen-bond acceptors (Lipinski definition) is 4. The van der Waals surface area contributed by atoms with E-state index >= 15 is 0 Å². The second kappa shape index (κ2) is 8.28. The van der Waals surface area contributed by atoms with E-state index in [0.717, 1.165) is 31.2 Å². The molecule has 1 unspecified atom stereocenters. The Hall–Kier alpha value is -3.10. The van der Waals surface area contributed by atoms with Crippen LogP contribution in [0.3, 0.4) is 0 Å². The fraction of sp³-hybridized carbons (Fsp3) is 0.474. The molecule has 0 spiro atoms. The van der Waals surface area contributed by atoms with Gasteiger partial charge in [-0.05, 0) is 43.4 Å². The summed E-state index contributed by atoms with van der Waals surface area (Å²) in [5.74, 6) is -0.513. The first-order valence-electron chi connectivity index (χ1n) is 9.39. The highest BCUT2D eigenvalue weighted by Gasteiger charge is 2.44. The lowest BCUT2D eigenvalue weighted by atomic mass is 9.96. The number of nitrogens with two attached hydrogens (primary N) is 1. The third-order valence-electron chi connectivity index (χ3n) is 5.09. The molecule has 1 aromatic carbocycles. The zero-order valence-corrected chi connectivity index (χ0v) is 15.5. The van der Waals surface area contributed by atoms with Gasteiger partial charge in [0.2, 0.25) is 11.8 Å². The van der Waals surface area contributed by atoms with Gasteiger partial charge in [-0.25, -0.2) is 4.79 Å². The maximum atomic E-state index is 12.5. The summed E-state index contributed by atoms with van der Waals surface area (Å²) in [6, 6.07) is 6.45. The summed E-state index contributed by atoms with van der Waals surface area (Å²) in [7, 11) is 0. The van der Waals surface area contributed by atoms with E-state index in [9.17, 15) is 19.2 Å². The van der Waals surface area contributed by atoms with E-state index in [0.29, 0.717) is 18.5 Å². The average Bonchev–Trinajstić information content (AvgIpc) is 3.44. The molecule has 3 rings (SSSR count). The predicted octanol–water partition coefficient (Wildman–Crippen LogP) is 0.0747. The molecule has 9 heteroatoms. The molecule has 1 saturated heterocycles. The van der Waals surface area contributed by atoms with Gasteiger partial charge in [0.15, 0.2) is 0 Å². The highest BCUT2D eigenvalue weighted by Crippen LogP contribution is 2.35. The zero-order chi connectivity index (χ0) is 20.1. The van der Waals surface area contributed by atoms with Crippen molar-refractivity contribution >= 4 is 23.8 Å². The van der Waals surface area contributed by atoms with Gasteiger partial charge in [0, 0.05) is 18.5 Å². The first-order valence-corrected chi connectivity index (χ1v) is 9.39. The van der Waals surface area contributed by atoms with Gasteiger partial charge in [-0.1, -0.05) is 12.1 Å². The summed E-state index contributed by atoms with van der Waals surface area (Å²) >= 11 is 0. The number of primary amides is 1. The number of piperidine rings is 1. The van der Waals surface area contributed by atoms with E-state index in [1.807, 2.05) is 12.1 Å². The molecule has 0 radical (unpaired) electrons. The van der Waals surface area contributed by atoms with Crippen LogP contribution < -0.4 is 27.0 Å². The molecule has 5 amide bonds. The Morgan fingerprint density at radius 3 is 2.46 bits per heavy atom. The van der Waals surface area contributed by atoms with Crippen molar-refractivity contribution in [2.45, 2.75) is 43.7 Å². The molecule has 6 N–H and O–H groups in total. The molecule has 1 aromatic rings. The lowest BCUT2D eigenvalue weighted by molar-refractivity contribution is -0.123. The van der Waals surface area contributed by atoms with Gasteiger partial charge >= 0.3 is 6.03 Å². The van der Waals surface area contributed by atoms with Crippen molar-refractivity contribution in [1.82, 2.24) is 21.3 Å². The Morgan fingerprint density at radius 2 is 1.86 bits per heavy atom. The Kier molecular flexibility index (Phi) is 5.81.